The van der Waals surface area contributed by atoms with Crippen LogP contribution in [0.15, 0.2) is 12.1 Å². The minimum Gasteiger partial charge on any atom is -0.363 e. The molecule has 0 bridgehead atoms. The number of rotatable bonds is 3. The largest absolute Gasteiger partial charge is 0.363 e. The summed E-state index contributed by atoms with van der Waals surface area (Å²) in [5.41, 5.74) is 3.79. The fourth-order valence-electron chi connectivity index (χ4n) is 3.38. The number of hydrogen-bond acceptors (Lipinski definition) is 8. The molecule has 0 aromatic carbocycles. The minimum atomic E-state index is -2.69. The van der Waals surface area contributed by atoms with Crippen LogP contribution in [0, 0.1) is 6.92 Å². The van der Waals surface area contributed by atoms with Crippen molar-refractivity contribution in [2.24, 2.45) is 7.05 Å². The molecular formula is C18H20ClN9O. The molecule has 150 valence electrons. The molecule has 0 spiro atoms. The Balaban J connectivity index is 1.84. The number of aromatic nitrogens is 6. The summed E-state index contributed by atoms with van der Waals surface area (Å²) in [5, 5.41) is 21.5. The molecule has 4 rings (SSSR count). The van der Waals surface area contributed by atoms with Gasteiger partial charge < -0.3 is 15.5 Å². The van der Waals surface area contributed by atoms with Gasteiger partial charge in [-0.15, -0.1) is 10.2 Å². The second kappa shape index (κ2) is 6.96. The lowest BCUT2D eigenvalue weighted by molar-refractivity contribution is 0.0958. The predicted molar refractivity (Wildman–Crippen MR) is 110 cm³/mol. The first-order valence-corrected chi connectivity index (χ1v) is 9.11. The molecule has 0 fully saturated rings. The summed E-state index contributed by atoms with van der Waals surface area (Å²) in [4.78, 5) is 20.6. The van der Waals surface area contributed by atoms with Crippen molar-refractivity contribution < 1.29 is 8.91 Å². The highest BCUT2D eigenvalue weighted by atomic mass is 35.5. The van der Waals surface area contributed by atoms with Gasteiger partial charge in [0.15, 0.2) is 16.7 Å². The summed E-state index contributed by atoms with van der Waals surface area (Å²) in [5.74, 6) is -0.492. The fraction of sp³-hybridized carbons (Fsp3) is 0.333. The van der Waals surface area contributed by atoms with Crippen LogP contribution in [0.3, 0.4) is 0 Å². The maximum absolute atomic E-state index is 12.5. The van der Waals surface area contributed by atoms with Crippen molar-refractivity contribution in [1.82, 2.24) is 35.5 Å². The zero-order valence-corrected chi connectivity index (χ0v) is 16.9. The Morgan fingerprint density at radius 3 is 2.83 bits per heavy atom. The zero-order valence-electron chi connectivity index (χ0n) is 19.1. The van der Waals surface area contributed by atoms with Crippen molar-refractivity contribution in [3.8, 4) is 11.3 Å². The smallest absolute Gasteiger partial charge is 0.273 e. The van der Waals surface area contributed by atoms with Gasteiger partial charge in [0, 0.05) is 42.5 Å². The Hall–Kier alpha value is -3.27. The first kappa shape index (κ1) is 15.6. The quantitative estimate of drug-likeness (QED) is 0.668. The third kappa shape index (κ3) is 3.15. The molecule has 3 aromatic heterocycles. The molecule has 1 atom stereocenters. The second-order valence-corrected chi connectivity index (χ2v) is 7.11. The van der Waals surface area contributed by atoms with Gasteiger partial charge in [-0.2, -0.15) is 15.0 Å². The van der Waals surface area contributed by atoms with Gasteiger partial charge in [-0.1, -0.05) is 11.6 Å². The second-order valence-electron chi connectivity index (χ2n) is 6.73. The Kier molecular flexibility index (Phi) is 3.75. The Morgan fingerprint density at radius 1 is 1.28 bits per heavy atom. The van der Waals surface area contributed by atoms with Gasteiger partial charge in [0.2, 0.25) is 0 Å². The van der Waals surface area contributed by atoms with E-state index in [2.05, 4.69) is 30.7 Å². The number of fused-ring (bicyclic) bond motifs is 3. The Morgan fingerprint density at radius 2 is 2.07 bits per heavy atom. The molecule has 2 N–H and O–H groups in total. The molecule has 1 aliphatic heterocycles. The number of carbonyl (C=O) groups is 1. The Labute approximate surface area is 176 Å². The molecule has 0 saturated heterocycles. The Bertz CT molecular complexity index is 1230. The molecular weight excluding hydrogens is 394 g/mol. The summed E-state index contributed by atoms with van der Waals surface area (Å²) >= 11 is 6.01. The predicted octanol–water partition coefficient (Wildman–Crippen LogP) is 2.24. The van der Waals surface area contributed by atoms with E-state index in [1.807, 2.05) is 37.2 Å². The number of aryl methyl sites for hydroxylation is 2. The van der Waals surface area contributed by atoms with Crippen molar-refractivity contribution in [3.63, 3.8) is 0 Å². The standard InChI is InChI=1S/C18H20ClN9O/c1-8-6-10-14-13(25-28(5)26-14)9(2)27(4)16(10)17(21-8)22-11-7-12(19)23-24-15(11)18(29)20-3/h6-7,9H,1-5H3,(H,20,29)(H,21,22,23)/i3D3. The van der Waals surface area contributed by atoms with E-state index in [9.17, 15) is 4.79 Å². The molecule has 0 aliphatic carbocycles. The zero-order chi connectivity index (χ0) is 23.4. The van der Waals surface area contributed by atoms with Gasteiger partial charge in [-0.05, 0) is 19.9 Å². The van der Waals surface area contributed by atoms with Gasteiger partial charge in [-0.3, -0.25) is 4.79 Å². The lowest BCUT2D eigenvalue weighted by Gasteiger charge is -2.33. The number of hydrogen-bond donors (Lipinski definition) is 2. The number of anilines is 3. The van der Waals surface area contributed by atoms with Gasteiger partial charge in [0.25, 0.3) is 5.91 Å². The molecule has 29 heavy (non-hydrogen) atoms. The van der Waals surface area contributed by atoms with Crippen LogP contribution in [0.5, 0.6) is 0 Å². The normalized spacial score (nSPS) is 16.9. The first-order valence-electron chi connectivity index (χ1n) is 10.2. The fourth-order valence-corrected chi connectivity index (χ4v) is 3.53. The highest BCUT2D eigenvalue weighted by Crippen LogP contribution is 2.46. The van der Waals surface area contributed by atoms with Crippen molar-refractivity contribution in [2.45, 2.75) is 19.9 Å². The van der Waals surface area contributed by atoms with E-state index in [1.54, 1.807) is 7.05 Å². The van der Waals surface area contributed by atoms with Gasteiger partial charge in [-0.25, -0.2) is 4.98 Å². The number of nitrogens with one attached hydrogen (secondary N) is 2. The topological polar surface area (TPSA) is 114 Å². The van der Waals surface area contributed by atoms with Crippen LogP contribution in [-0.2, 0) is 7.05 Å². The number of nitrogens with zero attached hydrogens (tertiary/aromatic N) is 7. The van der Waals surface area contributed by atoms with Gasteiger partial charge >= 0.3 is 0 Å². The molecule has 3 aromatic rings. The van der Waals surface area contributed by atoms with Crippen molar-refractivity contribution in [2.75, 3.05) is 24.2 Å². The molecule has 0 radical (unpaired) electrons. The monoisotopic (exact) mass is 416 g/mol. The van der Waals surface area contributed by atoms with Crippen LogP contribution in [0.1, 0.15) is 39.0 Å². The van der Waals surface area contributed by atoms with Gasteiger partial charge in [0.1, 0.15) is 11.4 Å². The van der Waals surface area contributed by atoms with Crippen LogP contribution < -0.4 is 15.5 Å². The summed E-state index contributed by atoms with van der Waals surface area (Å²) in [6.07, 6.45) is 0. The molecule has 10 nitrogen and oxygen atoms in total. The van der Waals surface area contributed by atoms with E-state index >= 15 is 0 Å². The van der Waals surface area contributed by atoms with E-state index in [4.69, 9.17) is 15.7 Å². The third-order valence-electron chi connectivity index (χ3n) is 4.79. The van der Waals surface area contributed by atoms with E-state index in [1.165, 1.54) is 10.9 Å². The van der Waals surface area contributed by atoms with Crippen molar-refractivity contribution >= 4 is 34.7 Å². The van der Waals surface area contributed by atoms with Crippen molar-refractivity contribution in [1.29, 1.82) is 0 Å². The number of amides is 1. The van der Waals surface area contributed by atoms with Crippen LogP contribution in [0.2, 0.25) is 5.15 Å². The lowest BCUT2D eigenvalue weighted by atomic mass is 9.98. The highest BCUT2D eigenvalue weighted by Gasteiger charge is 2.33. The van der Waals surface area contributed by atoms with Crippen molar-refractivity contribution in [3.05, 3.63) is 34.4 Å². The van der Waals surface area contributed by atoms with E-state index in [-0.39, 0.29) is 22.6 Å². The van der Waals surface area contributed by atoms with Crippen LogP contribution >= 0.6 is 11.6 Å². The van der Waals surface area contributed by atoms with E-state index in [0.717, 1.165) is 22.6 Å². The molecule has 11 heteroatoms. The maximum atomic E-state index is 12.5. The molecule has 4 heterocycles. The number of carbonyl (C=O) groups excluding carboxylic acids is 1. The van der Waals surface area contributed by atoms with E-state index < -0.39 is 12.9 Å². The average Bonchev–Trinajstić information content (AvgIpc) is 3.06. The molecule has 0 saturated carbocycles. The minimum absolute atomic E-state index is 0.0254. The highest BCUT2D eigenvalue weighted by molar-refractivity contribution is 6.29. The van der Waals surface area contributed by atoms with Crippen LogP contribution in [0.4, 0.5) is 17.2 Å². The first-order chi connectivity index (χ1) is 14.9. The number of pyridine rings is 1. The summed E-state index contributed by atoms with van der Waals surface area (Å²) in [6, 6.07) is 3.21. The molecule has 1 unspecified atom stereocenters. The van der Waals surface area contributed by atoms with E-state index in [0.29, 0.717) is 11.5 Å². The summed E-state index contributed by atoms with van der Waals surface area (Å²) in [7, 11) is 3.67. The third-order valence-corrected chi connectivity index (χ3v) is 4.98. The summed E-state index contributed by atoms with van der Waals surface area (Å²) < 4.78 is 21.9. The summed E-state index contributed by atoms with van der Waals surface area (Å²) in [6.45, 7) is 1.15. The lowest BCUT2D eigenvalue weighted by Crippen LogP contribution is -2.28. The maximum Gasteiger partial charge on any atom is 0.273 e. The van der Waals surface area contributed by atoms with Crippen LogP contribution in [0.25, 0.3) is 11.3 Å². The average molecular weight is 417 g/mol. The van der Waals surface area contributed by atoms with Crippen LogP contribution in [-0.4, -0.2) is 50.1 Å². The molecule has 1 amide bonds. The molecule has 1 aliphatic rings. The number of halogens is 1. The van der Waals surface area contributed by atoms with Gasteiger partial charge in [0.05, 0.1) is 17.4 Å². The SMILES string of the molecule is [2H]C([2H])([2H])NC(=O)c1nnc(Cl)cc1Nc1nc(C)cc2c1N(C)C(C)c1nn(C)nc1-2.